The molecular weight excluding hydrogens is 453 g/mol. The summed E-state index contributed by atoms with van der Waals surface area (Å²) < 4.78 is 22.4. The Morgan fingerprint density at radius 2 is 2.00 bits per heavy atom. The van der Waals surface area contributed by atoms with Crippen molar-refractivity contribution < 1.29 is 13.9 Å². The van der Waals surface area contributed by atoms with Crippen LogP contribution in [-0.4, -0.2) is 57.5 Å². The highest BCUT2D eigenvalue weighted by Gasteiger charge is 2.33. The fraction of sp³-hybridized carbons (Fsp3) is 0.500. The number of amides is 1. The zero-order valence-electron chi connectivity index (χ0n) is 19.8. The van der Waals surface area contributed by atoms with Gasteiger partial charge in [0.2, 0.25) is 0 Å². The van der Waals surface area contributed by atoms with E-state index in [2.05, 4.69) is 26.0 Å². The summed E-state index contributed by atoms with van der Waals surface area (Å²) in [7, 11) is 3.46. The quantitative estimate of drug-likeness (QED) is 0.473. The molecule has 0 aromatic carbocycles. The minimum atomic E-state index is -1.02. The number of halogens is 1. The van der Waals surface area contributed by atoms with E-state index < -0.39 is 18.1 Å². The van der Waals surface area contributed by atoms with Gasteiger partial charge in [0.25, 0.3) is 11.5 Å². The van der Waals surface area contributed by atoms with Crippen LogP contribution < -0.4 is 21.5 Å². The maximum absolute atomic E-state index is 13.7. The minimum absolute atomic E-state index is 0.120. The van der Waals surface area contributed by atoms with Crippen LogP contribution in [0.4, 0.5) is 21.7 Å². The molecule has 2 aliphatic carbocycles. The molecule has 2 saturated carbocycles. The molecule has 0 saturated heterocycles. The normalized spacial score (nSPS) is 24.1. The molecule has 2 aliphatic rings. The molecule has 3 aromatic rings. The Hall–Kier alpha value is -3.47. The van der Waals surface area contributed by atoms with Gasteiger partial charge in [-0.1, -0.05) is 0 Å². The first-order valence-electron chi connectivity index (χ1n) is 12.0. The summed E-state index contributed by atoms with van der Waals surface area (Å²) in [5.41, 5.74) is 0.803. The molecule has 3 N–H and O–H groups in total. The van der Waals surface area contributed by atoms with E-state index in [1.54, 1.807) is 30.9 Å². The van der Waals surface area contributed by atoms with Crippen molar-refractivity contribution in [2.45, 2.75) is 62.9 Å². The topological polar surface area (TPSA) is 115 Å². The molecule has 1 unspecified atom stereocenters. The molecule has 3 aromatic heterocycles. The number of rotatable bonds is 7. The summed E-state index contributed by atoms with van der Waals surface area (Å²) in [5, 5.41) is 13.1. The molecule has 2 atom stereocenters. The number of nitrogens with one attached hydrogen (secondary N) is 3. The standard InChI is InChI=1S/C24H30FN7O3/c1-26-21-12-20(30-22-16(13-27-32(21)22)23(33)29-18-10-9-17(18)25)28-19-4-3-11-31(24(19)34)14-5-7-15(35-2)8-6-14/h3-4,11-15,17-18,26H,5-10H2,1-2H3,(H,28,30)(H,29,33)/t14?,15?,17-,18?/m0/s1. The third kappa shape index (κ3) is 4.47. The lowest BCUT2D eigenvalue weighted by molar-refractivity contribution is 0.0580. The average Bonchev–Trinajstić information content (AvgIpc) is 3.31. The van der Waals surface area contributed by atoms with E-state index in [1.165, 1.54) is 10.7 Å². The Kier molecular flexibility index (Phi) is 6.42. The van der Waals surface area contributed by atoms with Gasteiger partial charge in [-0.25, -0.2) is 9.37 Å². The van der Waals surface area contributed by atoms with Crippen LogP contribution in [0, 0.1) is 0 Å². The first kappa shape index (κ1) is 23.3. The van der Waals surface area contributed by atoms with Crippen LogP contribution in [0.1, 0.15) is 54.9 Å². The van der Waals surface area contributed by atoms with Crippen molar-refractivity contribution >= 4 is 28.9 Å². The van der Waals surface area contributed by atoms with Crippen molar-refractivity contribution in [3.05, 3.63) is 46.5 Å². The number of nitrogens with zero attached hydrogens (tertiary/aromatic N) is 4. The fourth-order valence-electron chi connectivity index (χ4n) is 4.82. The number of hydrogen-bond donors (Lipinski definition) is 3. The number of methoxy groups -OCH3 is 1. The molecule has 186 valence electrons. The Labute approximate surface area is 201 Å². The van der Waals surface area contributed by atoms with Gasteiger partial charge in [0.05, 0.1) is 18.3 Å². The van der Waals surface area contributed by atoms with Gasteiger partial charge in [0.1, 0.15) is 29.1 Å². The Morgan fingerprint density at radius 3 is 2.66 bits per heavy atom. The van der Waals surface area contributed by atoms with Gasteiger partial charge in [-0.2, -0.15) is 9.61 Å². The van der Waals surface area contributed by atoms with E-state index in [1.807, 2.05) is 12.3 Å². The highest BCUT2D eigenvalue weighted by atomic mass is 19.1. The second-order valence-corrected chi connectivity index (χ2v) is 9.17. The Morgan fingerprint density at radius 1 is 1.20 bits per heavy atom. The highest BCUT2D eigenvalue weighted by Crippen LogP contribution is 2.29. The van der Waals surface area contributed by atoms with Crippen molar-refractivity contribution in [1.82, 2.24) is 24.5 Å². The number of aromatic nitrogens is 4. The summed E-state index contributed by atoms with van der Waals surface area (Å²) in [6.45, 7) is 0. The molecule has 2 fully saturated rings. The van der Waals surface area contributed by atoms with E-state index >= 15 is 0 Å². The monoisotopic (exact) mass is 483 g/mol. The summed E-state index contributed by atoms with van der Waals surface area (Å²) in [6, 6.07) is 4.91. The minimum Gasteiger partial charge on any atom is -0.381 e. The van der Waals surface area contributed by atoms with Crippen molar-refractivity contribution in [2.75, 3.05) is 24.8 Å². The van der Waals surface area contributed by atoms with Crippen LogP contribution in [0.25, 0.3) is 5.65 Å². The molecule has 0 aliphatic heterocycles. The summed E-state index contributed by atoms with van der Waals surface area (Å²) in [5.74, 6) is 0.548. The van der Waals surface area contributed by atoms with Crippen LogP contribution in [0.3, 0.4) is 0 Å². The first-order valence-corrected chi connectivity index (χ1v) is 12.0. The molecule has 0 radical (unpaired) electrons. The average molecular weight is 484 g/mol. The summed E-state index contributed by atoms with van der Waals surface area (Å²) in [6.07, 6.45) is 7.13. The van der Waals surface area contributed by atoms with Crippen molar-refractivity contribution in [3.63, 3.8) is 0 Å². The lowest BCUT2D eigenvalue weighted by Gasteiger charge is -2.30. The van der Waals surface area contributed by atoms with Gasteiger partial charge in [-0.15, -0.1) is 0 Å². The molecular formula is C24H30FN7O3. The van der Waals surface area contributed by atoms with Gasteiger partial charge in [-0.3, -0.25) is 9.59 Å². The van der Waals surface area contributed by atoms with Gasteiger partial charge < -0.3 is 25.3 Å². The second kappa shape index (κ2) is 9.65. The first-order chi connectivity index (χ1) is 17.0. The second-order valence-electron chi connectivity index (χ2n) is 9.17. The predicted octanol–water partition coefficient (Wildman–Crippen LogP) is 3.04. The largest absolute Gasteiger partial charge is 0.381 e. The van der Waals surface area contributed by atoms with Crippen LogP contribution in [0.5, 0.6) is 0 Å². The van der Waals surface area contributed by atoms with E-state index in [4.69, 9.17) is 4.74 Å². The van der Waals surface area contributed by atoms with Crippen molar-refractivity contribution in [2.24, 2.45) is 0 Å². The lowest BCUT2D eigenvalue weighted by atomic mass is 9.90. The number of carbonyl (C=O) groups is 1. The molecule has 0 spiro atoms. The number of alkyl halides is 1. The van der Waals surface area contributed by atoms with E-state index in [-0.39, 0.29) is 23.3 Å². The lowest BCUT2D eigenvalue weighted by Crippen LogP contribution is -2.48. The fourth-order valence-corrected chi connectivity index (χ4v) is 4.82. The maximum atomic E-state index is 13.7. The van der Waals surface area contributed by atoms with Gasteiger partial charge >= 0.3 is 0 Å². The van der Waals surface area contributed by atoms with E-state index in [0.29, 0.717) is 35.8 Å². The van der Waals surface area contributed by atoms with Crippen LogP contribution >= 0.6 is 0 Å². The van der Waals surface area contributed by atoms with Gasteiger partial charge in [0, 0.05) is 32.5 Å². The molecule has 35 heavy (non-hydrogen) atoms. The third-order valence-corrected chi connectivity index (χ3v) is 7.09. The van der Waals surface area contributed by atoms with Crippen molar-refractivity contribution in [3.8, 4) is 0 Å². The summed E-state index contributed by atoms with van der Waals surface area (Å²) in [4.78, 5) is 30.6. The smallest absolute Gasteiger partial charge is 0.274 e. The molecule has 11 heteroatoms. The highest BCUT2D eigenvalue weighted by molar-refractivity contribution is 6.00. The number of anilines is 3. The number of pyridine rings is 1. The maximum Gasteiger partial charge on any atom is 0.274 e. The van der Waals surface area contributed by atoms with E-state index in [9.17, 15) is 14.0 Å². The predicted molar refractivity (Wildman–Crippen MR) is 130 cm³/mol. The Bertz CT molecular complexity index is 1280. The Balaban J connectivity index is 1.42. The molecule has 1 amide bonds. The summed E-state index contributed by atoms with van der Waals surface area (Å²) >= 11 is 0. The molecule has 5 rings (SSSR count). The van der Waals surface area contributed by atoms with E-state index in [0.717, 1.165) is 25.7 Å². The van der Waals surface area contributed by atoms with Crippen LogP contribution in [0.2, 0.25) is 0 Å². The van der Waals surface area contributed by atoms with Crippen molar-refractivity contribution in [1.29, 1.82) is 0 Å². The SMILES string of the molecule is CNc1cc(Nc2cccn(C3CCC(OC)CC3)c2=O)nc2c(C(=O)NC3CC[C@@H]3F)cnn12. The number of ether oxygens (including phenoxy) is 1. The van der Waals surface area contributed by atoms with Gasteiger partial charge in [0.15, 0.2) is 5.65 Å². The molecule has 10 nitrogen and oxygen atoms in total. The number of hydrogen-bond acceptors (Lipinski definition) is 7. The van der Waals surface area contributed by atoms with Crippen LogP contribution in [-0.2, 0) is 4.74 Å². The molecule has 0 bridgehead atoms. The number of fused-ring (bicyclic) bond motifs is 1. The molecule has 3 heterocycles. The number of carbonyl (C=O) groups excluding carboxylic acids is 1. The zero-order valence-corrected chi connectivity index (χ0v) is 19.8. The van der Waals surface area contributed by atoms with Gasteiger partial charge in [-0.05, 0) is 50.7 Å². The zero-order chi connectivity index (χ0) is 24.5. The van der Waals surface area contributed by atoms with Crippen LogP contribution in [0.15, 0.2) is 35.4 Å². The third-order valence-electron chi connectivity index (χ3n) is 7.09.